The summed E-state index contributed by atoms with van der Waals surface area (Å²) in [6.45, 7) is 1.34. The first-order chi connectivity index (χ1) is 14.6. The first-order valence-electron chi connectivity index (χ1n) is 10.1. The molecule has 3 aromatic heterocycles. The van der Waals surface area contributed by atoms with Crippen LogP contribution in [0.4, 0.5) is 5.69 Å². The minimum atomic E-state index is 0.0433. The fourth-order valence-electron chi connectivity index (χ4n) is 4.39. The lowest BCUT2D eigenvalue weighted by molar-refractivity contribution is 0.0631. The Balaban J connectivity index is 1.56. The fraction of sp³-hybridized carbons (Fsp3) is 0.318. The molecule has 1 aliphatic rings. The van der Waals surface area contributed by atoms with Gasteiger partial charge in [-0.3, -0.25) is 13.9 Å². The van der Waals surface area contributed by atoms with Gasteiger partial charge in [0.2, 0.25) is 0 Å². The number of nitrogens with zero attached hydrogens (tertiary/aromatic N) is 5. The Hall–Kier alpha value is -3.39. The van der Waals surface area contributed by atoms with Gasteiger partial charge in [-0.2, -0.15) is 5.10 Å². The van der Waals surface area contributed by atoms with Crippen molar-refractivity contribution in [2.45, 2.75) is 18.9 Å². The number of ether oxygens (including phenoxy) is 1. The fourth-order valence-corrected chi connectivity index (χ4v) is 4.39. The van der Waals surface area contributed by atoms with E-state index in [-0.39, 0.29) is 11.9 Å². The van der Waals surface area contributed by atoms with Crippen molar-refractivity contribution in [2.75, 3.05) is 26.0 Å². The molecular formula is C22H24N6O2. The van der Waals surface area contributed by atoms with Crippen LogP contribution in [0.25, 0.3) is 27.9 Å². The number of anilines is 1. The van der Waals surface area contributed by atoms with Gasteiger partial charge < -0.3 is 15.4 Å². The van der Waals surface area contributed by atoms with E-state index in [1.807, 2.05) is 57.6 Å². The number of rotatable bonds is 4. The molecule has 0 unspecified atom stereocenters. The Morgan fingerprint density at radius 1 is 1.30 bits per heavy atom. The predicted octanol–water partition coefficient (Wildman–Crippen LogP) is 2.72. The van der Waals surface area contributed by atoms with Crippen LogP contribution in [0.3, 0.4) is 0 Å². The standard InChI is InChI=1S/C22H24N6O2/c1-26-18-10-14(22(29)27-9-3-4-16(27)13-30-2)5-7-17(18)21(25-26)19-11-24-20-8-6-15(23)12-28(19)20/h5-8,10-12,16H,3-4,9,13,23H2,1-2H3/t16-/m0/s1. The minimum absolute atomic E-state index is 0.0433. The van der Waals surface area contributed by atoms with Crippen molar-refractivity contribution in [3.8, 4) is 11.4 Å². The number of likely N-dealkylation sites (tertiary alicyclic amines) is 1. The van der Waals surface area contributed by atoms with Gasteiger partial charge in [-0.05, 0) is 43.2 Å². The van der Waals surface area contributed by atoms with Gasteiger partial charge in [-0.25, -0.2) is 4.98 Å². The highest BCUT2D eigenvalue weighted by Gasteiger charge is 2.29. The summed E-state index contributed by atoms with van der Waals surface area (Å²) in [6.07, 6.45) is 5.64. The molecule has 0 aliphatic carbocycles. The molecule has 0 radical (unpaired) electrons. The van der Waals surface area contributed by atoms with Crippen LogP contribution in [0.15, 0.2) is 42.7 Å². The van der Waals surface area contributed by atoms with Crippen LogP contribution in [0, 0.1) is 0 Å². The summed E-state index contributed by atoms with van der Waals surface area (Å²) in [7, 11) is 3.57. The zero-order valence-corrected chi connectivity index (χ0v) is 17.1. The van der Waals surface area contributed by atoms with Gasteiger partial charge in [0.05, 0.1) is 30.1 Å². The Morgan fingerprint density at radius 3 is 3.00 bits per heavy atom. The van der Waals surface area contributed by atoms with Crippen LogP contribution in [0.2, 0.25) is 0 Å². The maximum absolute atomic E-state index is 13.1. The van der Waals surface area contributed by atoms with Crippen LogP contribution in [-0.4, -0.2) is 56.3 Å². The Morgan fingerprint density at radius 2 is 2.17 bits per heavy atom. The first-order valence-corrected chi connectivity index (χ1v) is 10.1. The summed E-state index contributed by atoms with van der Waals surface area (Å²) in [6, 6.07) is 9.63. The maximum Gasteiger partial charge on any atom is 0.254 e. The molecule has 8 nitrogen and oxygen atoms in total. The summed E-state index contributed by atoms with van der Waals surface area (Å²) < 4.78 is 9.04. The van der Waals surface area contributed by atoms with E-state index < -0.39 is 0 Å². The van der Waals surface area contributed by atoms with Crippen molar-refractivity contribution >= 4 is 28.1 Å². The van der Waals surface area contributed by atoms with Gasteiger partial charge >= 0.3 is 0 Å². The molecule has 154 valence electrons. The number of imidazole rings is 1. The van der Waals surface area contributed by atoms with Crippen LogP contribution in [0.5, 0.6) is 0 Å². The average molecular weight is 404 g/mol. The number of pyridine rings is 1. The second-order valence-corrected chi connectivity index (χ2v) is 7.79. The second kappa shape index (κ2) is 7.14. The molecular weight excluding hydrogens is 380 g/mol. The van der Waals surface area contributed by atoms with Crippen molar-refractivity contribution < 1.29 is 9.53 Å². The zero-order chi connectivity index (χ0) is 20.8. The minimum Gasteiger partial charge on any atom is -0.398 e. The molecule has 1 fully saturated rings. The van der Waals surface area contributed by atoms with Gasteiger partial charge in [0.15, 0.2) is 0 Å². The third kappa shape index (κ3) is 2.91. The molecule has 1 atom stereocenters. The molecule has 8 heteroatoms. The van der Waals surface area contributed by atoms with E-state index in [0.29, 0.717) is 17.9 Å². The molecule has 5 rings (SSSR count). The zero-order valence-electron chi connectivity index (χ0n) is 17.1. The topological polar surface area (TPSA) is 90.7 Å². The van der Waals surface area contributed by atoms with E-state index >= 15 is 0 Å². The predicted molar refractivity (Wildman–Crippen MR) is 115 cm³/mol. The molecule has 1 amide bonds. The van der Waals surface area contributed by atoms with E-state index in [1.54, 1.807) is 13.3 Å². The lowest BCUT2D eigenvalue weighted by Gasteiger charge is -2.24. The lowest BCUT2D eigenvalue weighted by Crippen LogP contribution is -2.38. The molecule has 0 saturated carbocycles. The summed E-state index contributed by atoms with van der Waals surface area (Å²) in [4.78, 5) is 19.5. The molecule has 1 aliphatic heterocycles. The van der Waals surface area contributed by atoms with Gasteiger partial charge in [0.1, 0.15) is 11.3 Å². The van der Waals surface area contributed by atoms with E-state index in [9.17, 15) is 4.79 Å². The number of amides is 1. The molecule has 2 N–H and O–H groups in total. The van der Waals surface area contributed by atoms with Gasteiger partial charge in [0, 0.05) is 43.5 Å². The van der Waals surface area contributed by atoms with Crippen LogP contribution < -0.4 is 5.73 Å². The van der Waals surface area contributed by atoms with Crippen molar-refractivity contribution in [1.82, 2.24) is 24.1 Å². The first kappa shape index (κ1) is 18.6. The largest absolute Gasteiger partial charge is 0.398 e. The number of hydrogen-bond acceptors (Lipinski definition) is 5. The third-order valence-corrected chi connectivity index (χ3v) is 5.87. The molecule has 0 bridgehead atoms. The number of nitrogen functional groups attached to an aromatic ring is 1. The van der Waals surface area contributed by atoms with Crippen LogP contribution in [0.1, 0.15) is 23.2 Å². The quantitative estimate of drug-likeness (QED) is 0.565. The highest BCUT2D eigenvalue weighted by Crippen LogP contribution is 2.30. The summed E-state index contributed by atoms with van der Waals surface area (Å²) in [5, 5.41) is 5.69. The summed E-state index contributed by atoms with van der Waals surface area (Å²) in [5.41, 5.74) is 10.7. The van der Waals surface area contributed by atoms with Gasteiger partial charge in [0.25, 0.3) is 5.91 Å². The van der Waals surface area contributed by atoms with Gasteiger partial charge in [-0.1, -0.05) is 0 Å². The SMILES string of the molecule is COC[C@@H]1CCCN1C(=O)c1ccc2c(-c3cnc4ccc(N)cn34)nn(C)c2c1. The smallest absolute Gasteiger partial charge is 0.254 e. The number of carbonyl (C=O) groups excluding carboxylic acids is 1. The van der Waals surface area contributed by atoms with Crippen molar-refractivity contribution in [1.29, 1.82) is 0 Å². The molecule has 4 aromatic rings. The molecule has 4 heterocycles. The van der Waals surface area contributed by atoms with Crippen molar-refractivity contribution in [3.63, 3.8) is 0 Å². The molecule has 0 spiro atoms. The Labute approximate surface area is 173 Å². The third-order valence-electron chi connectivity index (χ3n) is 5.87. The van der Waals surface area contributed by atoms with Gasteiger partial charge in [-0.15, -0.1) is 0 Å². The number of carbonyl (C=O) groups is 1. The van der Waals surface area contributed by atoms with E-state index in [0.717, 1.165) is 47.3 Å². The Kier molecular flexibility index (Phi) is 4.43. The molecule has 1 aromatic carbocycles. The molecule has 30 heavy (non-hydrogen) atoms. The van der Waals surface area contributed by atoms with E-state index in [4.69, 9.17) is 15.6 Å². The number of benzene rings is 1. The van der Waals surface area contributed by atoms with Crippen molar-refractivity contribution in [2.24, 2.45) is 7.05 Å². The summed E-state index contributed by atoms with van der Waals surface area (Å²) in [5.74, 6) is 0.0433. The summed E-state index contributed by atoms with van der Waals surface area (Å²) >= 11 is 0. The average Bonchev–Trinajstić information content (AvgIpc) is 3.45. The highest BCUT2D eigenvalue weighted by atomic mass is 16.5. The van der Waals surface area contributed by atoms with Crippen LogP contribution in [-0.2, 0) is 11.8 Å². The van der Waals surface area contributed by atoms with Crippen LogP contribution >= 0.6 is 0 Å². The molecule has 1 saturated heterocycles. The van der Waals surface area contributed by atoms with Crippen molar-refractivity contribution in [3.05, 3.63) is 48.3 Å². The number of nitrogens with two attached hydrogens (primary N) is 1. The number of methoxy groups -OCH3 is 1. The Bertz CT molecular complexity index is 1260. The number of hydrogen-bond donors (Lipinski definition) is 1. The number of aromatic nitrogens is 4. The highest BCUT2D eigenvalue weighted by molar-refractivity contribution is 6.01. The lowest BCUT2D eigenvalue weighted by atomic mass is 10.1. The normalized spacial score (nSPS) is 16.7. The monoisotopic (exact) mass is 404 g/mol. The number of fused-ring (bicyclic) bond motifs is 2. The van der Waals surface area contributed by atoms with E-state index in [2.05, 4.69) is 4.98 Å². The maximum atomic E-state index is 13.1. The number of aryl methyl sites for hydroxylation is 1. The van der Waals surface area contributed by atoms with E-state index in [1.165, 1.54) is 0 Å². The second-order valence-electron chi connectivity index (χ2n) is 7.79.